The standard InChI is InChI=1S/C21H26N4O4S/c26-20-13-17(30(28,29)16-6-3-7-16)8-11-25(20)18(12-15-4-1-2-5-15)21(27)24-19-14-22-9-10-23-19/h8-11,13-16,18H,1-7,12H2,(H,23,24,27)/t18-/m0/s1. The van der Waals surface area contributed by atoms with Crippen LogP contribution in [0.3, 0.4) is 0 Å². The molecule has 0 radical (unpaired) electrons. The number of pyridine rings is 1. The molecule has 0 unspecified atom stereocenters. The van der Waals surface area contributed by atoms with E-state index < -0.39 is 26.7 Å². The summed E-state index contributed by atoms with van der Waals surface area (Å²) < 4.78 is 26.7. The van der Waals surface area contributed by atoms with Crippen molar-refractivity contribution in [2.75, 3.05) is 5.32 Å². The first kappa shape index (κ1) is 20.7. The summed E-state index contributed by atoms with van der Waals surface area (Å²) in [4.78, 5) is 34.0. The van der Waals surface area contributed by atoms with E-state index in [1.165, 1.54) is 35.4 Å². The SMILES string of the molecule is O=C(Nc1cnccn1)[C@H](CC1CCCC1)n1ccc(S(=O)(=O)C2CCC2)cc1=O. The van der Waals surface area contributed by atoms with Crippen molar-refractivity contribution in [3.05, 3.63) is 47.3 Å². The Hall–Kier alpha value is -2.55. The van der Waals surface area contributed by atoms with Crippen molar-refractivity contribution < 1.29 is 13.2 Å². The highest BCUT2D eigenvalue weighted by Gasteiger charge is 2.34. The number of hydrogen-bond donors (Lipinski definition) is 1. The Morgan fingerprint density at radius 3 is 2.53 bits per heavy atom. The molecule has 1 amide bonds. The van der Waals surface area contributed by atoms with E-state index in [1.54, 1.807) is 0 Å². The fourth-order valence-electron chi connectivity index (χ4n) is 4.26. The van der Waals surface area contributed by atoms with Crippen LogP contribution in [0, 0.1) is 5.92 Å². The molecule has 0 aromatic carbocycles. The van der Waals surface area contributed by atoms with E-state index >= 15 is 0 Å². The van der Waals surface area contributed by atoms with Crippen LogP contribution in [0.25, 0.3) is 0 Å². The highest BCUT2D eigenvalue weighted by atomic mass is 32.2. The average molecular weight is 431 g/mol. The molecule has 0 saturated heterocycles. The van der Waals surface area contributed by atoms with Gasteiger partial charge in [0.2, 0.25) is 5.91 Å². The molecule has 30 heavy (non-hydrogen) atoms. The molecule has 0 bridgehead atoms. The van der Waals surface area contributed by atoms with E-state index in [1.807, 2.05) is 0 Å². The number of nitrogens with zero attached hydrogens (tertiary/aromatic N) is 3. The van der Waals surface area contributed by atoms with E-state index in [-0.39, 0.29) is 10.8 Å². The van der Waals surface area contributed by atoms with E-state index in [0.29, 0.717) is 31.0 Å². The summed E-state index contributed by atoms with van der Waals surface area (Å²) in [5.41, 5.74) is -0.479. The minimum Gasteiger partial charge on any atom is -0.308 e. The third kappa shape index (κ3) is 4.30. The Morgan fingerprint density at radius 1 is 1.17 bits per heavy atom. The van der Waals surface area contributed by atoms with Gasteiger partial charge in [-0.05, 0) is 31.2 Å². The van der Waals surface area contributed by atoms with Gasteiger partial charge < -0.3 is 9.88 Å². The Balaban J connectivity index is 1.62. The van der Waals surface area contributed by atoms with Crippen molar-refractivity contribution >= 4 is 21.6 Å². The number of rotatable bonds is 7. The predicted molar refractivity (Wildman–Crippen MR) is 112 cm³/mol. The maximum Gasteiger partial charge on any atom is 0.252 e. The first-order valence-electron chi connectivity index (χ1n) is 10.5. The lowest BCUT2D eigenvalue weighted by Gasteiger charge is -2.26. The van der Waals surface area contributed by atoms with Crippen LogP contribution in [0.5, 0.6) is 0 Å². The van der Waals surface area contributed by atoms with Crippen LogP contribution in [-0.2, 0) is 14.6 Å². The summed E-state index contributed by atoms with van der Waals surface area (Å²) >= 11 is 0. The molecular weight excluding hydrogens is 404 g/mol. The fourth-order valence-corrected chi connectivity index (χ4v) is 6.12. The Morgan fingerprint density at radius 2 is 1.93 bits per heavy atom. The summed E-state index contributed by atoms with van der Waals surface area (Å²) in [5, 5.41) is 2.33. The van der Waals surface area contributed by atoms with E-state index in [2.05, 4.69) is 15.3 Å². The van der Waals surface area contributed by atoms with Gasteiger partial charge in [0.05, 0.1) is 16.3 Å². The first-order chi connectivity index (χ1) is 14.4. The molecule has 2 fully saturated rings. The van der Waals surface area contributed by atoms with Gasteiger partial charge in [-0.15, -0.1) is 0 Å². The number of carbonyl (C=O) groups is 1. The number of hydrogen-bond acceptors (Lipinski definition) is 6. The van der Waals surface area contributed by atoms with Crippen LogP contribution in [0.15, 0.2) is 46.6 Å². The lowest BCUT2D eigenvalue weighted by atomic mass is 9.97. The predicted octanol–water partition coefficient (Wildman–Crippen LogP) is 2.72. The van der Waals surface area contributed by atoms with Gasteiger partial charge in [-0.1, -0.05) is 32.1 Å². The number of sulfone groups is 1. The maximum absolute atomic E-state index is 13.0. The molecule has 1 N–H and O–H groups in total. The van der Waals surface area contributed by atoms with Gasteiger partial charge in [0.15, 0.2) is 15.7 Å². The van der Waals surface area contributed by atoms with E-state index in [4.69, 9.17) is 0 Å². The fraction of sp³-hybridized carbons (Fsp3) is 0.524. The number of anilines is 1. The van der Waals surface area contributed by atoms with Crippen molar-refractivity contribution in [2.45, 2.75) is 67.6 Å². The molecule has 1 atom stereocenters. The number of carbonyl (C=O) groups excluding carboxylic acids is 1. The molecule has 4 rings (SSSR count). The van der Waals surface area contributed by atoms with E-state index in [0.717, 1.165) is 38.2 Å². The summed E-state index contributed by atoms with van der Waals surface area (Å²) in [5.74, 6) is 0.322. The normalized spacial score (nSPS) is 18.7. The molecule has 160 valence electrons. The van der Waals surface area contributed by atoms with Crippen molar-refractivity contribution in [1.29, 1.82) is 0 Å². The van der Waals surface area contributed by atoms with Crippen LogP contribution in [0.2, 0.25) is 0 Å². The monoisotopic (exact) mass is 430 g/mol. The van der Waals surface area contributed by atoms with Crippen LogP contribution < -0.4 is 10.9 Å². The zero-order valence-corrected chi connectivity index (χ0v) is 17.6. The Bertz CT molecular complexity index is 1060. The molecule has 9 heteroatoms. The van der Waals surface area contributed by atoms with Gasteiger partial charge >= 0.3 is 0 Å². The van der Waals surface area contributed by atoms with Crippen molar-refractivity contribution in [2.24, 2.45) is 5.92 Å². The summed E-state index contributed by atoms with van der Waals surface area (Å²) in [6.45, 7) is 0. The van der Waals surface area contributed by atoms with E-state index in [9.17, 15) is 18.0 Å². The number of amides is 1. The molecule has 2 saturated carbocycles. The molecule has 2 aliphatic rings. The molecular formula is C21H26N4O4S. The second-order valence-corrected chi connectivity index (χ2v) is 10.4. The molecule has 8 nitrogen and oxygen atoms in total. The largest absolute Gasteiger partial charge is 0.308 e. The van der Waals surface area contributed by atoms with Gasteiger partial charge in [-0.2, -0.15) is 0 Å². The van der Waals surface area contributed by atoms with Crippen LogP contribution in [0.1, 0.15) is 57.4 Å². The minimum atomic E-state index is -3.49. The smallest absolute Gasteiger partial charge is 0.252 e. The Labute approximate surface area is 175 Å². The van der Waals surface area contributed by atoms with Gasteiger partial charge in [0.1, 0.15) is 6.04 Å². The van der Waals surface area contributed by atoms with Gasteiger partial charge in [0, 0.05) is 24.7 Å². The summed E-state index contributed by atoms with van der Waals surface area (Å²) in [7, 11) is -3.49. The second-order valence-electron chi connectivity index (χ2n) is 8.19. The van der Waals surface area contributed by atoms with Crippen molar-refractivity contribution in [3.63, 3.8) is 0 Å². The van der Waals surface area contributed by atoms with Gasteiger partial charge in [0.25, 0.3) is 5.56 Å². The van der Waals surface area contributed by atoms with Gasteiger partial charge in [-0.25, -0.2) is 13.4 Å². The lowest BCUT2D eigenvalue weighted by molar-refractivity contribution is -0.119. The quantitative estimate of drug-likeness (QED) is 0.723. The first-order valence-corrected chi connectivity index (χ1v) is 12.0. The third-order valence-electron chi connectivity index (χ3n) is 6.22. The van der Waals surface area contributed by atoms with Crippen LogP contribution in [0.4, 0.5) is 5.82 Å². The van der Waals surface area contributed by atoms with Crippen molar-refractivity contribution in [1.82, 2.24) is 14.5 Å². The summed E-state index contributed by atoms with van der Waals surface area (Å²) in [6.07, 6.45) is 12.9. The zero-order valence-electron chi connectivity index (χ0n) is 16.7. The zero-order chi connectivity index (χ0) is 21.1. The molecule has 2 heterocycles. The van der Waals surface area contributed by atoms with Crippen LogP contribution >= 0.6 is 0 Å². The molecule has 0 spiro atoms. The topological polar surface area (TPSA) is 111 Å². The van der Waals surface area contributed by atoms with Gasteiger partial charge in [-0.3, -0.25) is 14.6 Å². The highest BCUT2D eigenvalue weighted by molar-refractivity contribution is 7.92. The minimum absolute atomic E-state index is 0.0439. The molecule has 2 aliphatic carbocycles. The molecule has 2 aromatic heterocycles. The molecule has 0 aliphatic heterocycles. The van der Waals surface area contributed by atoms with Crippen molar-refractivity contribution in [3.8, 4) is 0 Å². The lowest BCUT2D eigenvalue weighted by Crippen LogP contribution is -2.35. The second kappa shape index (κ2) is 8.67. The highest BCUT2D eigenvalue weighted by Crippen LogP contribution is 2.33. The summed E-state index contributed by atoms with van der Waals surface area (Å²) in [6, 6.07) is 1.88. The maximum atomic E-state index is 13.0. The Kier molecular flexibility index (Phi) is 5.99. The third-order valence-corrected chi connectivity index (χ3v) is 8.48. The average Bonchev–Trinajstić information content (AvgIpc) is 3.18. The van der Waals surface area contributed by atoms with Crippen LogP contribution in [-0.4, -0.2) is 34.1 Å². The number of aromatic nitrogens is 3. The number of nitrogens with one attached hydrogen (secondary N) is 1. The molecule has 2 aromatic rings.